The maximum Gasteiger partial charge on any atom is 0.219 e. The molecule has 3 aromatic rings. The third kappa shape index (κ3) is 3.39. The lowest BCUT2D eigenvalue weighted by atomic mass is 9.90. The maximum absolute atomic E-state index is 11.6. The van der Waals surface area contributed by atoms with E-state index in [1.54, 1.807) is 6.92 Å². The zero-order valence-electron chi connectivity index (χ0n) is 15.9. The maximum atomic E-state index is 11.6. The fourth-order valence-corrected chi connectivity index (χ4v) is 4.06. The standard InChI is InChI=1S/C23H25N3O/c1-17-22(19-13-15-25(16-14-19)18(2)27)24-26(21-11-7-4-8-12-21)23(17)20-9-5-3-6-10-20/h3-12,19H,13-16H2,1-2H3. The Morgan fingerprint density at radius 3 is 2.15 bits per heavy atom. The van der Waals surface area contributed by atoms with Crippen molar-refractivity contribution in [2.24, 2.45) is 0 Å². The van der Waals surface area contributed by atoms with Crippen LogP contribution in [0.1, 0.15) is 36.9 Å². The highest BCUT2D eigenvalue weighted by Gasteiger charge is 2.27. The van der Waals surface area contributed by atoms with Crippen LogP contribution < -0.4 is 0 Å². The second-order valence-electron chi connectivity index (χ2n) is 7.25. The first-order valence-corrected chi connectivity index (χ1v) is 9.61. The van der Waals surface area contributed by atoms with Gasteiger partial charge in [0.2, 0.25) is 5.91 Å². The number of hydrogen-bond donors (Lipinski definition) is 0. The molecule has 4 heteroatoms. The van der Waals surface area contributed by atoms with E-state index in [2.05, 4.69) is 48.0 Å². The Balaban J connectivity index is 1.76. The van der Waals surface area contributed by atoms with E-state index in [0.29, 0.717) is 5.92 Å². The molecular weight excluding hydrogens is 334 g/mol. The summed E-state index contributed by atoms with van der Waals surface area (Å²) in [4.78, 5) is 13.6. The number of aromatic nitrogens is 2. The number of piperidine rings is 1. The van der Waals surface area contributed by atoms with Crippen LogP contribution in [-0.2, 0) is 4.79 Å². The molecule has 1 aliphatic heterocycles. The van der Waals surface area contributed by atoms with Gasteiger partial charge in [-0.3, -0.25) is 4.79 Å². The number of rotatable bonds is 3. The van der Waals surface area contributed by atoms with Gasteiger partial charge in [0.15, 0.2) is 0 Å². The minimum absolute atomic E-state index is 0.171. The molecule has 27 heavy (non-hydrogen) atoms. The molecule has 4 rings (SSSR count). The van der Waals surface area contributed by atoms with Crippen LogP contribution in [0.2, 0.25) is 0 Å². The molecule has 0 unspecified atom stereocenters. The first kappa shape index (κ1) is 17.5. The minimum Gasteiger partial charge on any atom is -0.343 e. The number of carbonyl (C=O) groups excluding carboxylic acids is 1. The number of para-hydroxylation sites is 1. The zero-order valence-corrected chi connectivity index (χ0v) is 15.9. The van der Waals surface area contributed by atoms with Crippen LogP contribution in [0.4, 0.5) is 0 Å². The monoisotopic (exact) mass is 359 g/mol. The van der Waals surface area contributed by atoms with Crippen LogP contribution in [0.25, 0.3) is 16.9 Å². The van der Waals surface area contributed by atoms with E-state index in [-0.39, 0.29) is 5.91 Å². The second kappa shape index (κ2) is 7.39. The lowest BCUT2D eigenvalue weighted by Crippen LogP contribution is -2.36. The molecule has 1 aliphatic rings. The van der Waals surface area contributed by atoms with Crippen molar-refractivity contribution in [2.45, 2.75) is 32.6 Å². The van der Waals surface area contributed by atoms with E-state index in [4.69, 9.17) is 5.10 Å². The highest BCUT2D eigenvalue weighted by molar-refractivity contribution is 5.73. The quantitative estimate of drug-likeness (QED) is 0.687. The van der Waals surface area contributed by atoms with Crippen LogP contribution in [0.3, 0.4) is 0 Å². The van der Waals surface area contributed by atoms with Gasteiger partial charge in [0.25, 0.3) is 0 Å². The van der Waals surface area contributed by atoms with Gasteiger partial charge >= 0.3 is 0 Å². The summed E-state index contributed by atoms with van der Waals surface area (Å²) >= 11 is 0. The Labute approximate surface area is 160 Å². The highest BCUT2D eigenvalue weighted by atomic mass is 16.2. The molecule has 4 nitrogen and oxygen atoms in total. The number of amides is 1. The average molecular weight is 359 g/mol. The predicted octanol–water partition coefficient (Wildman–Crippen LogP) is 4.57. The van der Waals surface area contributed by atoms with E-state index in [0.717, 1.165) is 37.3 Å². The van der Waals surface area contributed by atoms with Crippen LogP contribution in [0.15, 0.2) is 60.7 Å². The molecule has 1 amide bonds. The Kier molecular flexibility index (Phi) is 4.80. The van der Waals surface area contributed by atoms with E-state index < -0.39 is 0 Å². The first-order valence-electron chi connectivity index (χ1n) is 9.61. The summed E-state index contributed by atoms with van der Waals surface area (Å²) in [5.74, 6) is 0.568. The number of likely N-dealkylation sites (tertiary alicyclic amines) is 1. The molecule has 0 spiro atoms. The number of benzene rings is 2. The lowest BCUT2D eigenvalue weighted by Gasteiger charge is -2.30. The molecule has 0 saturated carbocycles. The third-order valence-corrected chi connectivity index (χ3v) is 5.53. The smallest absolute Gasteiger partial charge is 0.219 e. The van der Waals surface area contributed by atoms with E-state index in [1.165, 1.54) is 16.8 Å². The summed E-state index contributed by atoms with van der Waals surface area (Å²) < 4.78 is 2.08. The third-order valence-electron chi connectivity index (χ3n) is 5.53. The fraction of sp³-hybridized carbons (Fsp3) is 0.304. The molecule has 1 aromatic heterocycles. The van der Waals surface area contributed by atoms with Gasteiger partial charge < -0.3 is 4.90 Å². The van der Waals surface area contributed by atoms with Gasteiger partial charge in [-0.25, -0.2) is 4.68 Å². The van der Waals surface area contributed by atoms with Gasteiger partial charge in [0.1, 0.15) is 0 Å². The van der Waals surface area contributed by atoms with Crippen molar-refractivity contribution in [2.75, 3.05) is 13.1 Å². The van der Waals surface area contributed by atoms with E-state index in [1.807, 2.05) is 29.2 Å². The molecule has 2 heterocycles. The van der Waals surface area contributed by atoms with Crippen molar-refractivity contribution in [3.8, 4) is 16.9 Å². The van der Waals surface area contributed by atoms with Gasteiger partial charge in [-0.2, -0.15) is 5.10 Å². The molecule has 138 valence electrons. The Morgan fingerprint density at radius 1 is 0.963 bits per heavy atom. The number of carbonyl (C=O) groups is 1. The number of hydrogen-bond acceptors (Lipinski definition) is 2. The zero-order chi connectivity index (χ0) is 18.8. The first-order chi connectivity index (χ1) is 13.1. The summed E-state index contributed by atoms with van der Waals surface area (Å²) in [6.45, 7) is 5.47. The van der Waals surface area contributed by atoms with Crippen LogP contribution >= 0.6 is 0 Å². The lowest BCUT2D eigenvalue weighted by molar-refractivity contribution is -0.129. The highest BCUT2D eigenvalue weighted by Crippen LogP contribution is 2.35. The average Bonchev–Trinajstić information content (AvgIpc) is 3.06. The second-order valence-corrected chi connectivity index (χ2v) is 7.25. The summed E-state index contributed by atoms with van der Waals surface area (Å²) in [7, 11) is 0. The van der Waals surface area contributed by atoms with Gasteiger partial charge in [0.05, 0.1) is 17.1 Å². The predicted molar refractivity (Wildman–Crippen MR) is 108 cm³/mol. The van der Waals surface area contributed by atoms with Gasteiger partial charge in [0, 0.05) is 31.5 Å². The van der Waals surface area contributed by atoms with Crippen molar-refractivity contribution in [1.29, 1.82) is 0 Å². The summed E-state index contributed by atoms with van der Waals surface area (Å²) in [6, 6.07) is 20.8. The van der Waals surface area contributed by atoms with Crippen LogP contribution in [0.5, 0.6) is 0 Å². The van der Waals surface area contributed by atoms with Gasteiger partial charge in [-0.15, -0.1) is 0 Å². The molecule has 0 atom stereocenters. The normalized spacial score (nSPS) is 15.1. The minimum atomic E-state index is 0.171. The molecule has 2 aromatic carbocycles. The molecule has 1 fully saturated rings. The molecule has 0 aliphatic carbocycles. The van der Waals surface area contributed by atoms with Crippen LogP contribution in [-0.4, -0.2) is 33.7 Å². The largest absolute Gasteiger partial charge is 0.343 e. The van der Waals surface area contributed by atoms with Crippen molar-refractivity contribution in [1.82, 2.24) is 14.7 Å². The van der Waals surface area contributed by atoms with E-state index >= 15 is 0 Å². The molecule has 0 radical (unpaired) electrons. The Bertz CT molecular complexity index is 923. The molecule has 1 saturated heterocycles. The topological polar surface area (TPSA) is 38.1 Å². The summed E-state index contributed by atoms with van der Waals surface area (Å²) in [5, 5.41) is 5.06. The Hall–Kier alpha value is -2.88. The van der Waals surface area contributed by atoms with Gasteiger partial charge in [-0.05, 0) is 37.5 Å². The fourth-order valence-electron chi connectivity index (χ4n) is 4.06. The van der Waals surface area contributed by atoms with Crippen molar-refractivity contribution in [3.05, 3.63) is 71.9 Å². The van der Waals surface area contributed by atoms with Crippen molar-refractivity contribution in [3.63, 3.8) is 0 Å². The molecule has 0 N–H and O–H groups in total. The Morgan fingerprint density at radius 2 is 1.56 bits per heavy atom. The summed E-state index contributed by atoms with van der Waals surface area (Å²) in [6.07, 6.45) is 1.95. The molecular formula is C23H25N3O. The SMILES string of the molecule is CC(=O)N1CCC(c2nn(-c3ccccc3)c(-c3ccccc3)c2C)CC1. The van der Waals surface area contributed by atoms with Crippen molar-refractivity contribution >= 4 is 5.91 Å². The molecule has 0 bridgehead atoms. The van der Waals surface area contributed by atoms with E-state index in [9.17, 15) is 4.79 Å². The van der Waals surface area contributed by atoms with Crippen molar-refractivity contribution < 1.29 is 4.79 Å². The number of nitrogens with zero attached hydrogens (tertiary/aromatic N) is 3. The van der Waals surface area contributed by atoms with Gasteiger partial charge in [-0.1, -0.05) is 48.5 Å². The summed E-state index contributed by atoms with van der Waals surface area (Å²) in [5.41, 5.74) is 5.82. The van der Waals surface area contributed by atoms with Crippen LogP contribution in [0, 0.1) is 6.92 Å².